The number of halogens is 1. The van der Waals surface area contributed by atoms with Gasteiger partial charge in [-0.2, -0.15) is 0 Å². The zero-order valence-corrected chi connectivity index (χ0v) is 13.0. The Morgan fingerprint density at radius 1 is 1.52 bits per heavy atom. The highest BCUT2D eigenvalue weighted by molar-refractivity contribution is 5.04. The third-order valence-electron chi connectivity index (χ3n) is 3.95. The summed E-state index contributed by atoms with van der Waals surface area (Å²) in [6.07, 6.45) is -1.95. The highest BCUT2D eigenvalue weighted by Crippen LogP contribution is 2.27. The van der Waals surface area contributed by atoms with Crippen LogP contribution in [-0.2, 0) is 16.0 Å². The van der Waals surface area contributed by atoms with Crippen LogP contribution in [0.2, 0.25) is 0 Å². The van der Waals surface area contributed by atoms with Crippen LogP contribution in [0.25, 0.3) is 0 Å². The highest BCUT2D eigenvalue weighted by atomic mass is 19.1. The van der Waals surface area contributed by atoms with Crippen molar-refractivity contribution in [2.45, 2.75) is 44.4 Å². The van der Waals surface area contributed by atoms with Gasteiger partial charge in [-0.3, -0.25) is 13.9 Å². The van der Waals surface area contributed by atoms with Gasteiger partial charge in [0.15, 0.2) is 0 Å². The molecular weight excluding hydrogens is 311 g/mol. The maximum absolute atomic E-state index is 12.8. The van der Waals surface area contributed by atoms with E-state index in [4.69, 9.17) is 14.6 Å². The molecule has 23 heavy (non-hydrogen) atoms. The summed E-state index contributed by atoms with van der Waals surface area (Å²) < 4.78 is 25.2. The first kappa shape index (κ1) is 17.8. The van der Waals surface area contributed by atoms with E-state index in [9.17, 15) is 19.1 Å². The number of rotatable bonds is 6. The van der Waals surface area contributed by atoms with E-state index in [1.165, 1.54) is 24.8 Å². The van der Waals surface area contributed by atoms with Crippen LogP contribution in [0.15, 0.2) is 15.8 Å². The van der Waals surface area contributed by atoms with Crippen LogP contribution in [0.1, 0.15) is 18.2 Å². The van der Waals surface area contributed by atoms with Crippen molar-refractivity contribution in [1.82, 2.24) is 9.13 Å². The smallest absolute Gasteiger partial charge is 0.333 e. The van der Waals surface area contributed by atoms with Gasteiger partial charge < -0.3 is 19.7 Å². The number of ether oxygens (including phenoxy) is 2. The van der Waals surface area contributed by atoms with E-state index in [0.717, 1.165) is 4.57 Å². The number of aryl methyl sites for hydroxylation is 1. The molecule has 0 bridgehead atoms. The molecule has 8 nitrogen and oxygen atoms in total. The van der Waals surface area contributed by atoms with Crippen LogP contribution in [-0.4, -0.2) is 58.1 Å². The van der Waals surface area contributed by atoms with E-state index in [0.29, 0.717) is 0 Å². The second-order valence-corrected chi connectivity index (χ2v) is 5.54. The van der Waals surface area contributed by atoms with Crippen LogP contribution in [0.5, 0.6) is 0 Å². The summed E-state index contributed by atoms with van der Waals surface area (Å²) in [5.41, 5.74) is -0.922. The first-order valence-electron chi connectivity index (χ1n) is 7.28. The molecule has 0 amide bonds. The van der Waals surface area contributed by atoms with Crippen LogP contribution >= 0.6 is 0 Å². The number of aliphatic hydroxyl groups excluding tert-OH is 2. The SMILES string of the molecule is COC(CF)Cn1c(=O)c(C)cn([C@H]2C[C@@H](O)[C@@H](CO)O2)c1=O. The lowest BCUT2D eigenvalue weighted by Crippen LogP contribution is -2.44. The fourth-order valence-electron chi connectivity index (χ4n) is 2.57. The Balaban J connectivity index is 2.41. The molecule has 1 fully saturated rings. The molecule has 9 heteroatoms. The van der Waals surface area contributed by atoms with Crippen molar-refractivity contribution in [1.29, 1.82) is 0 Å². The van der Waals surface area contributed by atoms with Crippen LogP contribution in [0.4, 0.5) is 4.39 Å². The highest BCUT2D eigenvalue weighted by Gasteiger charge is 2.35. The van der Waals surface area contributed by atoms with Crippen LogP contribution < -0.4 is 11.2 Å². The number of methoxy groups -OCH3 is 1. The Labute approximate surface area is 131 Å². The topological polar surface area (TPSA) is 103 Å². The predicted molar refractivity (Wildman–Crippen MR) is 78.1 cm³/mol. The maximum Gasteiger partial charge on any atom is 0.333 e. The molecule has 2 N–H and O–H groups in total. The van der Waals surface area contributed by atoms with E-state index >= 15 is 0 Å². The Morgan fingerprint density at radius 3 is 2.74 bits per heavy atom. The molecule has 0 aliphatic carbocycles. The van der Waals surface area contributed by atoms with Crippen molar-refractivity contribution in [3.8, 4) is 0 Å². The first-order valence-corrected chi connectivity index (χ1v) is 7.28. The molecule has 1 aliphatic rings. The quantitative estimate of drug-likeness (QED) is 0.689. The molecule has 0 saturated carbocycles. The lowest BCUT2D eigenvalue weighted by Gasteiger charge is -2.19. The second kappa shape index (κ2) is 7.35. The maximum atomic E-state index is 12.8. The summed E-state index contributed by atoms with van der Waals surface area (Å²) in [6.45, 7) is 0.103. The van der Waals surface area contributed by atoms with Crippen molar-refractivity contribution in [2.75, 3.05) is 20.4 Å². The second-order valence-electron chi connectivity index (χ2n) is 5.54. The molecular formula is C14H21FN2O6. The normalized spacial score (nSPS) is 25.7. The van der Waals surface area contributed by atoms with Crippen molar-refractivity contribution in [3.63, 3.8) is 0 Å². The van der Waals surface area contributed by atoms with Gasteiger partial charge in [-0.15, -0.1) is 0 Å². The summed E-state index contributed by atoms with van der Waals surface area (Å²) in [7, 11) is 1.30. The zero-order valence-electron chi connectivity index (χ0n) is 13.0. The van der Waals surface area contributed by atoms with E-state index in [2.05, 4.69) is 0 Å². The van der Waals surface area contributed by atoms with E-state index in [1.807, 2.05) is 0 Å². The van der Waals surface area contributed by atoms with Crippen LogP contribution in [0, 0.1) is 6.92 Å². The summed E-state index contributed by atoms with van der Waals surface area (Å²) in [5.74, 6) is 0. The summed E-state index contributed by atoms with van der Waals surface area (Å²) in [4.78, 5) is 24.7. The monoisotopic (exact) mass is 332 g/mol. The molecule has 0 spiro atoms. The summed E-state index contributed by atoms with van der Waals surface area (Å²) >= 11 is 0. The lowest BCUT2D eigenvalue weighted by atomic mass is 10.2. The zero-order chi connectivity index (χ0) is 17.1. The van der Waals surface area contributed by atoms with E-state index in [1.54, 1.807) is 0 Å². The van der Waals surface area contributed by atoms with Crippen molar-refractivity contribution in [3.05, 3.63) is 32.6 Å². The Hall–Kier alpha value is -1.55. The van der Waals surface area contributed by atoms with Gasteiger partial charge in [0, 0.05) is 25.3 Å². The van der Waals surface area contributed by atoms with E-state index < -0.39 is 42.5 Å². The van der Waals surface area contributed by atoms with Crippen molar-refractivity contribution in [2.24, 2.45) is 0 Å². The lowest BCUT2D eigenvalue weighted by molar-refractivity contribution is -0.0466. The predicted octanol–water partition coefficient (Wildman–Crippen LogP) is -1.06. The van der Waals surface area contributed by atoms with E-state index in [-0.39, 0.29) is 25.1 Å². The van der Waals surface area contributed by atoms with Gasteiger partial charge in [0.1, 0.15) is 25.1 Å². The average Bonchev–Trinajstić information content (AvgIpc) is 2.92. The molecule has 2 heterocycles. The number of alkyl halides is 1. The fraction of sp³-hybridized carbons (Fsp3) is 0.714. The molecule has 130 valence electrons. The number of hydrogen-bond donors (Lipinski definition) is 2. The number of aromatic nitrogens is 2. The third-order valence-corrected chi connectivity index (χ3v) is 3.95. The Kier molecular flexibility index (Phi) is 5.69. The van der Waals surface area contributed by atoms with Gasteiger partial charge >= 0.3 is 5.69 Å². The molecule has 1 aromatic rings. The first-order chi connectivity index (χ1) is 10.9. The molecule has 1 aromatic heterocycles. The van der Waals surface area contributed by atoms with Crippen molar-refractivity contribution >= 4 is 0 Å². The van der Waals surface area contributed by atoms with Crippen molar-refractivity contribution < 1.29 is 24.1 Å². The van der Waals surface area contributed by atoms with Gasteiger partial charge in [-0.05, 0) is 6.92 Å². The largest absolute Gasteiger partial charge is 0.394 e. The van der Waals surface area contributed by atoms with Gasteiger partial charge in [-0.1, -0.05) is 0 Å². The van der Waals surface area contributed by atoms with Gasteiger partial charge in [0.05, 0.1) is 19.3 Å². The number of hydrogen-bond acceptors (Lipinski definition) is 6. The third kappa shape index (κ3) is 3.52. The molecule has 1 unspecified atom stereocenters. The minimum Gasteiger partial charge on any atom is -0.394 e. The molecule has 2 rings (SSSR count). The average molecular weight is 332 g/mol. The minimum atomic E-state index is -0.907. The minimum absolute atomic E-state index is 0.111. The van der Waals surface area contributed by atoms with Gasteiger partial charge in [-0.25, -0.2) is 9.18 Å². The number of aliphatic hydroxyl groups is 2. The summed E-state index contributed by atoms with van der Waals surface area (Å²) in [5, 5.41) is 18.9. The fourth-order valence-corrected chi connectivity index (χ4v) is 2.57. The van der Waals surface area contributed by atoms with Gasteiger partial charge in [0.25, 0.3) is 5.56 Å². The standard InChI is InChI=1S/C14H21FN2O6/c1-8-5-16(12-3-10(19)11(7-18)23-12)14(21)17(13(8)20)6-9(4-15)22-2/h5,9-12,18-19H,3-4,6-7H2,1-2H3/t9?,10-,11-,12-/m1/s1. The molecule has 1 aliphatic heterocycles. The Bertz CT molecular complexity index is 654. The molecule has 1 saturated heterocycles. The van der Waals surface area contributed by atoms with Gasteiger partial charge in [0.2, 0.25) is 0 Å². The molecule has 0 radical (unpaired) electrons. The molecule has 4 atom stereocenters. The summed E-state index contributed by atoms with van der Waals surface area (Å²) in [6, 6.07) is 0. The number of nitrogens with zero attached hydrogens (tertiary/aromatic N) is 2. The Morgan fingerprint density at radius 2 is 2.22 bits per heavy atom. The molecule has 0 aromatic carbocycles. The van der Waals surface area contributed by atoms with Crippen LogP contribution in [0.3, 0.4) is 0 Å².